The molecule has 0 fully saturated rings. The normalized spacial score (nSPS) is 11.2. The van der Waals surface area contributed by atoms with Gasteiger partial charge in [-0.15, -0.1) is 11.3 Å². The van der Waals surface area contributed by atoms with Gasteiger partial charge in [-0.2, -0.15) is 0 Å². The van der Waals surface area contributed by atoms with E-state index in [1.165, 1.54) is 22.1 Å². The van der Waals surface area contributed by atoms with Crippen molar-refractivity contribution >= 4 is 34.0 Å². The van der Waals surface area contributed by atoms with Crippen LogP contribution in [0.25, 0.3) is 16.8 Å². The molecule has 0 aliphatic heterocycles. The summed E-state index contributed by atoms with van der Waals surface area (Å²) in [6.07, 6.45) is 3.50. The summed E-state index contributed by atoms with van der Waals surface area (Å²) in [5, 5.41) is 4.31. The number of allylic oxidation sites excluding steroid dienone is 1. The highest BCUT2D eigenvalue weighted by atomic mass is 32.1. The van der Waals surface area contributed by atoms with Gasteiger partial charge >= 0.3 is 0 Å². The molecule has 0 aliphatic rings. The quantitative estimate of drug-likeness (QED) is 0.490. The zero-order valence-corrected chi connectivity index (χ0v) is 11.1. The van der Waals surface area contributed by atoms with Crippen molar-refractivity contribution in [3.63, 3.8) is 0 Å². The van der Waals surface area contributed by atoms with Crippen LogP contribution < -0.4 is 0 Å². The third-order valence-corrected chi connectivity index (χ3v) is 3.85. The van der Waals surface area contributed by atoms with Crippen molar-refractivity contribution in [2.75, 3.05) is 0 Å². The minimum absolute atomic E-state index is 0.0585. The fraction of sp³-hybridized carbons (Fsp3) is 0. The molecule has 0 saturated heterocycles. The molecule has 19 heavy (non-hydrogen) atoms. The highest BCUT2D eigenvalue weighted by Gasteiger charge is 2.01. The van der Waals surface area contributed by atoms with Crippen molar-refractivity contribution in [3.8, 4) is 0 Å². The van der Waals surface area contributed by atoms with Gasteiger partial charge in [-0.3, -0.25) is 4.79 Å². The average Bonchev–Trinajstić information content (AvgIpc) is 2.99. The summed E-state index contributed by atoms with van der Waals surface area (Å²) in [5.41, 5.74) is 1.05. The van der Waals surface area contributed by atoms with Gasteiger partial charge in [-0.1, -0.05) is 48.5 Å². The first kappa shape index (κ1) is 11.9. The minimum atomic E-state index is 0.0585. The van der Waals surface area contributed by atoms with Gasteiger partial charge in [0.05, 0.1) is 4.88 Å². The Morgan fingerprint density at radius 3 is 2.58 bits per heavy atom. The van der Waals surface area contributed by atoms with E-state index in [-0.39, 0.29) is 5.78 Å². The van der Waals surface area contributed by atoms with E-state index in [0.29, 0.717) is 0 Å². The number of fused-ring (bicyclic) bond motifs is 1. The van der Waals surface area contributed by atoms with E-state index in [4.69, 9.17) is 0 Å². The first-order valence-electron chi connectivity index (χ1n) is 6.08. The Balaban J connectivity index is 1.87. The molecule has 0 spiro atoms. The summed E-state index contributed by atoms with van der Waals surface area (Å²) in [6.45, 7) is 0. The van der Waals surface area contributed by atoms with E-state index < -0.39 is 0 Å². The number of ketones is 1. The van der Waals surface area contributed by atoms with E-state index in [2.05, 4.69) is 24.3 Å². The Labute approximate surface area is 115 Å². The molecule has 2 aromatic carbocycles. The lowest BCUT2D eigenvalue weighted by Gasteiger charge is -1.98. The number of thiophene rings is 1. The van der Waals surface area contributed by atoms with E-state index >= 15 is 0 Å². The second kappa shape index (κ2) is 5.21. The fourth-order valence-electron chi connectivity index (χ4n) is 1.98. The summed E-state index contributed by atoms with van der Waals surface area (Å²) in [7, 11) is 0. The summed E-state index contributed by atoms with van der Waals surface area (Å²) in [6, 6.07) is 18.1. The van der Waals surface area contributed by atoms with Gasteiger partial charge in [0, 0.05) is 0 Å². The molecular formula is C17H12OS. The molecule has 0 unspecified atom stereocenters. The minimum Gasteiger partial charge on any atom is -0.288 e. The monoisotopic (exact) mass is 264 g/mol. The van der Waals surface area contributed by atoms with Crippen LogP contribution in [0.4, 0.5) is 0 Å². The molecule has 0 aliphatic carbocycles. The van der Waals surface area contributed by atoms with Crippen molar-refractivity contribution in [2.24, 2.45) is 0 Å². The molecule has 1 heterocycles. The Morgan fingerprint density at radius 2 is 1.79 bits per heavy atom. The summed E-state index contributed by atoms with van der Waals surface area (Å²) in [4.78, 5) is 12.6. The van der Waals surface area contributed by atoms with E-state index in [9.17, 15) is 4.79 Å². The van der Waals surface area contributed by atoms with Gasteiger partial charge in [0.2, 0.25) is 0 Å². The highest BCUT2D eigenvalue weighted by molar-refractivity contribution is 7.12. The van der Waals surface area contributed by atoms with Gasteiger partial charge in [0.15, 0.2) is 5.78 Å². The zero-order chi connectivity index (χ0) is 13.1. The van der Waals surface area contributed by atoms with Crippen LogP contribution in [0.3, 0.4) is 0 Å². The van der Waals surface area contributed by atoms with Crippen LogP contribution in [0.2, 0.25) is 0 Å². The molecule has 3 rings (SSSR count). The van der Waals surface area contributed by atoms with Gasteiger partial charge in [-0.05, 0) is 39.9 Å². The maximum atomic E-state index is 11.9. The molecule has 92 valence electrons. The van der Waals surface area contributed by atoms with Crippen LogP contribution in [0, 0.1) is 0 Å². The lowest BCUT2D eigenvalue weighted by atomic mass is 10.1. The third kappa shape index (κ3) is 2.64. The predicted octanol–water partition coefficient (Wildman–Crippen LogP) is 4.80. The highest BCUT2D eigenvalue weighted by Crippen LogP contribution is 2.17. The van der Waals surface area contributed by atoms with Crippen molar-refractivity contribution in [1.82, 2.24) is 0 Å². The molecule has 0 atom stereocenters. The van der Waals surface area contributed by atoms with Gasteiger partial charge in [0.25, 0.3) is 0 Å². The maximum Gasteiger partial charge on any atom is 0.195 e. The predicted molar refractivity (Wildman–Crippen MR) is 81.6 cm³/mol. The molecular weight excluding hydrogens is 252 g/mol. The zero-order valence-electron chi connectivity index (χ0n) is 10.2. The van der Waals surface area contributed by atoms with Gasteiger partial charge < -0.3 is 0 Å². The van der Waals surface area contributed by atoms with Crippen molar-refractivity contribution in [1.29, 1.82) is 0 Å². The number of carbonyl (C=O) groups excluding carboxylic acids is 1. The number of hydrogen-bond donors (Lipinski definition) is 0. The largest absolute Gasteiger partial charge is 0.288 e. The number of rotatable bonds is 3. The number of hydrogen-bond acceptors (Lipinski definition) is 2. The number of benzene rings is 2. The van der Waals surface area contributed by atoms with Crippen LogP contribution in [-0.4, -0.2) is 5.78 Å². The van der Waals surface area contributed by atoms with Crippen LogP contribution in [0.15, 0.2) is 66.1 Å². The third-order valence-electron chi connectivity index (χ3n) is 2.96. The molecule has 0 saturated carbocycles. The number of carbonyl (C=O) groups is 1. The summed E-state index contributed by atoms with van der Waals surface area (Å²) < 4.78 is 0. The van der Waals surface area contributed by atoms with Crippen LogP contribution in [0.1, 0.15) is 15.2 Å². The smallest absolute Gasteiger partial charge is 0.195 e. The Hall–Kier alpha value is -2.19. The molecule has 1 nitrogen and oxygen atoms in total. The first-order chi connectivity index (χ1) is 9.33. The molecule has 1 aromatic heterocycles. The van der Waals surface area contributed by atoms with E-state index in [1.807, 2.05) is 41.8 Å². The molecule has 0 N–H and O–H groups in total. The Morgan fingerprint density at radius 1 is 0.947 bits per heavy atom. The van der Waals surface area contributed by atoms with Crippen molar-refractivity contribution in [2.45, 2.75) is 0 Å². The molecule has 3 aromatic rings. The molecule has 0 amide bonds. The lowest BCUT2D eigenvalue weighted by molar-refractivity contribution is 0.105. The second-order valence-electron chi connectivity index (χ2n) is 4.28. The van der Waals surface area contributed by atoms with Crippen LogP contribution >= 0.6 is 11.3 Å². The molecule has 0 radical (unpaired) electrons. The molecule has 2 heteroatoms. The van der Waals surface area contributed by atoms with Crippen molar-refractivity contribution < 1.29 is 4.79 Å². The average molecular weight is 264 g/mol. The first-order valence-corrected chi connectivity index (χ1v) is 6.96. The van der Waals surface area contributed by atoms with Crippen LogP contribution in [-0.2, 0) is 0 Å². The standard InChI is InChI=1S/C17H12OS/c18-16(17-6-3-11-19-17)10-8-13-7-9-14-4-1-2-5-15(14)12-13/h1-12H/b10-8+. The van der Waals surface area contributed by atoms with E-state index in [0.717, 1.165) is 10.4 Å². The topological polar surface area (TPSA) is 17.1 Å². The second-order valence-corrected chi connectivity index (χ2v) is 5.23. The summed E-state index contributed by atoms with van der Waals surface area (Å²) >= 11 is 1.47. The fourth-order valence-corrected chi connectivity index (χ4v) is 2.63. The maximum absolute atomic E-state index is 11.9. The Kier molecular flexibility index (Phi) is 3.25. The Bertz CT molecular complexity index is 739. The SMILES string of the molecule is O=C(/C=C/c1ccc2ccccc2c1)c1cccs1. The van der Waals surface area contributed by atoms with Crippen LogP contribution in [0.5, 0.6) is 0 Å². The van der Waals surface area contributed by atoms with E-state index in [1.54, 1.807) is 6.08 Å². The molecule has 0 bridgehead atoms. The summed E-state index contributed by atoms with van der Waals surface area (Å²) in [5.74, 6) is 0.0585. The van der Waals surface area contributed by atoms with Crippen molar-refractivity contribution in [3.05, 3.63) is 76.5 Å². The van der Waals surface area contributed by atoms with Gasteiger partial charge in [0.1, 0.15) is 0 Å². The lowest BCUT2D eigenvalue weighted by Crippen LogP contribution is -1.88. The van der Waals surface area contributed by atoms with Gasteiger partial charge in [-0.25, -0.2) is 0 Å².